The Hall–Kier alpha value is -1.15. The topological polar surface area (TPSA) is 26.0 Å². The van der Waals surface area contributed by atoms with Crippen LogP contribution in [0.1, 0.15) is 25.3 Å². The average molecular weight is 205 g/mol. The van der Waals surface area contributed by atoms with Crippen molar-refractivity contribution in [2.24, 2.45) is 11.1 Å². The molecule has 1 aromatic rings. The van der Waals surface area contributed by atoms with Crippen LogP contribution >= 0.6 is 0 Å². The first kappa shape index (κ1) is 10.4. The summed E-state index contributed by atoms with van der Waals surface area (Å²) in [7, 11) is 0. The second kappa shape index (κ2) is 3.78. The Morgan fingerprint density at radius 2 is 1.93 bits per heavy atom. The van der Waals surface area contributed by atoms with Gasteiger partial charge in [0.1, 0.15) is 5.82 Å². The first-order valence-corrected chi connectivity index (χ1v) is 5.33. The molecule has 15 heavy (non-hydrogen) atoms. The highest BCUT2D eigenvalue weighted by Crippen LogP contribution is 2.49. The predicted molar refractivity (Wildman–Crippen MR) is 60.8 cm³/mol. The Morgan fingerprint density at radius 1 is 1.33 bits per heavy atom. The van der Waals surface area contributed by atoms with Crippen molar-refractivity contribution in [1.82, 2.24) is 0 Å². The van der Waals surface area contributed by atoms with E-state index in [9.17, 15) is 4.39 Å². The van der Waals surface area contributed by atoms with Gasteiger partial charge in [0.05, 0.1) is 0 Å². The van der Waals surface area contributed by atoms with Gasteiger partial charge in [-0.1, -0.05) is 24.3 Å². The zero-order chi connectivity index (χ0) is 10.9. The molecule has 0 amide bonds. The summed E-state index contributed by atoms with van der Waals surface area (Å²) in [6.07, 6.45) is 6.55. The number of benzene rings is 1. The van der Waals surface area contributed by atoms with Gasteiger partial charge in [0.15, 0.2) is 0 Å². The van der Waals surface area contributed by atoms with Crippen molar-refractivity contribution in [2.75, 3.05) is 0 Å². The van der Waals surface area contributed by atoms with E-state index >= 15 is 0 Å². The first-order chi connectivity index (χ1) is 7.12. The van der Waals surface area contributed by atoms with E-state index in [-0.39, 0.29) is 17.3 Å². The third kappa shape index (κ3) is 2.26. The van der Waals surface area contributed by atoms with Crippen LogP contribution in [0, 0.1) is 11.2 Å². The van der Waals surface area contributed by atoms with Crippen molar-refractivity contribution in [2.45, 2.75) is 25.8 Å². The molecule has 1 saturated carbocycles. The molecule has 1 unspecified atom stereocenters. The zero-order valence-corrected chi connectivity index (χ0v) is 8.91. The van der Waals surface area contributed by atoms with Crippen molar-refractivity contribution in [3.8, 4) is 0 Å². The highest BCUT2D eigenvalue weighted by Gasteiger charge is 2.43. The summed E-state index contributed by atoms with van der Waals surface area (Å²) in [5, 5.41) is 0. The summed E-state index contributed by atoms with van der Waals surface area (Å²) in [5.41, 5.74) is 7.14. The van der Waals surface area contributed by atoms with Gasteiger partial charge in [0.2, 0.25) is 0 Å². The molecule has 1 fully saturated rings. The standard InChI is InChI=1S/C13H16FN/c1-10(15)13(8-9-13)7-6-11-2-4-12(14)5-3-11/h2-7,10H,8-9,15H2,1H3/b7-6+. The van der Waals surface area contributed by atoms with Gasteiger partial charge < -0.3 is 5.73 Å². The molecule has 0 saturated heterocycles. The van der Waals surface area contributed by atoms with Gasteiger partial charge in [-0.15, -0.1) is 0 Å². The van der Waals surface area contributed by atoms with Gasteiger partial charge in [0, 0.05) is 11.5 Å². The van der Waals surface area contributed by atoms with Crippen LogP contribution in [0.15, 0.2) is 30.3 Å². The van der Waals surface area contributed by atoms with Crippen molar-refractivity contribution >= 4 is 6.08 Å². The molecular weight excluding hydrogens is 189 g/mol. The third-order valence-electron chi connectivity index (χ3n) is 3.21. The molecule has 1 nitrogen and oxygen atoms in total. The van der Waals surface area contributed by atoms with Gasteiger partial charge in [0.25, 0.3) is 0 Å². The van der Waals surface area contributed by atoms with Gasteiger partial charge in [-0.05, 0) is 37.5 Å². The highest BCUT2D eigenvalue weighted by atomic mass is 19.1. The number of hydrogen-bond donors (Lipinski definition) is 1. The van der Waals surface area contributed by atoms with Crippen molar-refractivity contribution in [3.05, 3.63) is 41.7 Å². The fraction of sp³-hybridized carbons (Fsp3) is 0.385. The fourth-order valence-corrected chi connectivity index (χ4v) is 1.75. The molecule has 2 heteroatoms. The summed E-state index contributed by atoms with van der Waals surface area (Å²) in [6, 6.07) is 6.72. The minimum absolute atomic E-state index is 0.194. The average Bonchev–Trinajstić information content (AvgIpc) is 2.98. The molecule has 0 aromatic heterocycles. The van der Waals surface area contributed by atoms with Crippen molar-refractivity contribution in [1.29, 1.82) is 0 Å². The molecule has 1 aromatic carbocycles. The van der Waals surface area contributed by atoms with Crippen molar-refractivity contribution in [3.63, 3.8) is 0 Å². The Balaban J connectivity index is 2.09. The molecule has 0 radical (unpaired) electrons. The fourth-order valence-electron chi connectivity index (χ4n) is 1.75. The molecule has 0 spiro atoms. The Morgan fingerprint density at radius 3 is 2.40 bits per heavy atom. The van der Waals surface area contributed by atoms with Crippen LogP contribution in [-0.4, -0.2) is 6.04 Å². The molecule has 1 aliphatic carbocycles. The van der Waals surface area contributed by atoms with E-state index < -0.39 is 0 Å². The summed E-state index contributed by atoms with van der Waals surface area (Å²) in [5.74, 6) is -0.194. The zero-order valence-electron chi connectivity index (χ0n) is 8.91. The lowest BCUT2D eigenvalue weighted by Crippen LogP contribution is -2.26. The van der Waals surface area contributed by atoms with Gasteiger partial charge in [-0.2, -0.15) is 0 Å². The lowest BCUT2D eigenvalue weighted by Gasteiger charge is -2.14. The summed E-state index contributed by atoms with van der Waals surface area (Å²) in [4.78, 5) is 0. The van der Waals surface area contributed by atoms with Crippen LogP contribution in [0.2, 0.25) is 0 Å². The van der Waals surface area contributed by atoms with E-state index in [1.165, 1.54) is 25.0 Å². The monoisotopic (exact) mass is 205 g/mol. The van der Waals surface area contributed by atoms with Gasteiger partial charge >= 0.3 is 0 Å². The maximum absolute atomic E-state index is 12.7. The van der Waals surface area contributed by atoms with Crippen molar-refractivity contribution < 1.29 is 4.39 Å². The third-order valence-corrected chi connectivity index (χ3v) is 3.21. The molecular formula is C13H16FN. The number of rotatable bonds is 3. The Labute approximate surface area is 89.8 Å². The molecule has 0 bridgehead atoms. The first-order valence-electron chi connectivity index (χ1n) is 5.33. The SMILES string of the molecule is CC(N)C1(/C=C/c2ccc(F)cc2)CC1. The Bertz CT molecular complexity index is 361. The summed E-state index contributed by atoms with van der Waals surface area (Å²) >= 11 is 0. The van der Waals surface area contributed by atoms with E-state index in [0.717, 1.165) is 5.56 Å². The normalized spacial score (nSPS) is 20.5. The molecule has 2 N–H and O–H groups in total. The number of hydrogen-bond acceptors (Lipinski definition) is 1. The maximum Gasteiger partial charge on any atom is 0.123 e. The van der Waals surface area contributed by atoms with E-state index in [0.29, 0.717) is 0 Å². The van der Waals surface area contributed by atoms with Crippen LogP contribution in [0.5, 0.6) is 0 Å². The van der Waals surface area contributed by atoms with E-state index in [1.54, 1.807) is 12.1 Å². The molecule has 0 heterocycles. The molecule has 1 aliphatic rings. The Kier molecular flexibility index (Phi) is 2.61. The summed E-state index contributed by atoms with van der Waals surface area (Å²) < 4.78 is 12.7. The van der Waals surface area contributed by atoms with Gasteiger partial charge in [-0.3, -0.25) is 0 Å². The molecule has 80 valence electrons. The molecule has 0 aliphatic heterocycles. The van der Waals surface area contributed by atoms with Crippen LogP contribution in [-0.2, 0) is 0 Å². The number of nitrogens with two attached hydrogens (primary N) is 1. The van der Waals surface area contributed by atoms with Gasteiger partial charge in [-0.25, -0.2) is 4.39 Å². The quantitative estimate of drug-likeness (QED) is 0.806. The summed E-state index contributed by atoms with van der Waals surface area (Å²) in [6.45, 7) is 2.04. The van der Waals surface area contributed by atoms with E-state index in [2.05, 4.69) is 6.08 Å². The lowest BCUT2D eigenvalue weighted by atomic mass is 9.97. The lowest BCUT2D eigenvalue weighted by molar-refractivity contribution is 0.524. The molecule has 2 rings (SSSR count). The van der Waals surface area contributed by atoms with E-state index in [4.69, 9.17) is 5.73 Å². The number of halogens is 1. The smallest absolute Gasteiger partial charge is 0.123 e. The van der Waals surface area contributed by atoms with Crippen LogP contribution in [0.25, 0.3) is 6.08 Å². The largest absolute Gasteiger partial charge is 0.327 e. The van der Waals surface area contributed by atoms with Crippen LogP contribution < -0.4 is 5.73 Å². The van der Waals surface area contributed by atoms with Crippen LogP contribution in [0.4, 0.5) is 4.39 Å². The second-order valence-electron chi connectivity index (χ2n) is 4.41. The highest BCUT2D eigenvalue weighted by molar-refractivity contribution is 5.51. The van der Waals surface area contributed by atoms with Crippen LogP contribution in [0.3, 0.4) is 0 Å². The maximum atomic E-state index is 12.7. The predicted octanol–water partition coefficient (Wildman–Crippen LogP) is 2.97. The molecule has 1 atom stereocenters. The minimum Gasteiger partial charge on any atom is -0.327 e. The minimum atomic E-state index is -0.194. The second-order valence-corrected chi connectivity index (χ2v) is 4.41. The van der Waals surface area contributed by atoms with E-state index in [1.807, 2.05) is 13.0 Å².